The van der Waals surface area contributed by atoms with E-state index >= 15 is 0 Å². The zero-order valence-corrected chi connectivity index (χ0v) is 9.57. The summed E-state index contributed by atoms with van der Waals surface area (Å²) in [5.41, 5.74) is 0.505. The maximum Gasteiger partial charge on any atom is 0.337 e. The van der Waals surface area contributed by atoms with Gasteiger partial charge in [0.25, 0.3) is 0 Å². The number of benzene rings is 1. The van der Waals surface area contributed by atoms with Crippen LogP contribution in [0, 0.1) is 11.3 Å². The Bertz CT molecular complexity index is 433. The highest BCUT2D eigenvalue weighted by atomic mass is 16.5. The first-order chi connectivity index (χ1) is 7.48. The van der Waals surface area contributed by atoms with Crippen molar-refractivity contribution in [2.45, 2.75) is 19.4 Å². The number of carbonyl (C=O) groups excluding carboxylic acids is 1. The second-order valence-electron chi connectivity index (χ2n) is 3.93. The highest BCUT2D eigenvalue weighted by molar-refractivity contribution is 5.90. The first-order valence-corrected chi connectivity index (χ1v) is 4.86. The lowest BCUT2D eigenvalue weighted by atomic mass is 10.1. The monoisotopic (exact) mass is 218 g/mol. The molecule has 1 aromatic rings. The summed E-state index contributed by atoms with van der Waals surface area (Å²) in [4.78, 5) is 11.3. The highest BCUT2D eigenvalue weighted by Crippen LogP contribution is 2.16. The van der Waals surface area contributed by atoms with Crippen LogP contribution in [0.5, 0.6) is 0 Å². The van der Waals surface area contributed by atoms with E-state index in [-0.39, 0.29) is 0 Å². The standard InChI is InChI=1S/C12H14N2O2/c1-12(2,8-13)14-10-6-4-5-9(7-10)11(15)16-3/h4-7,14H,1-3H3. The average molecular weight is 218 g/mol. The van der Waals surface area contributed by atoms with Crippen LogP contribution in [0.25, 0.3) is 0 Å². The zero-order valence-electron chi connectivity index (χ0n) is 9.57. The number of methoxy groups -OCH3 is 1. The van der Waals surface area contributed by atoms with Crippen LogP contribution < -0.4 is 5.32 Å². The third-order valence-corrected chi connectivity index (χ3v) is 2.02. The van der Waals surface area contributed by atoms with E-state index < -0.39 is 11.5 Å². The Labute approximate surface area is 94.8 Å². The molecule has 0 saturated carbocycles. The molecule has 0 radical (unpaired) electrons. The molecule has 16 heavy (non-hydrogen) atoms. The normalized spacial score (nSPS) is 10.4. The summed E-state index contributed by atoms with van der Waals surface area (Å²) in [6, 6.07) is 8.98. The largest absolute Gasteiger partial charge is 0.465 e. The summed E-state index contributed by atoms with van der Waals surface area (Å²) < 4.78 is 4.62. The highest BCUT2D eigenvalue weighted by Gasteiger charge is 2.16. The van der Waals surface area contributed by atoms with Crippen molar-refractivity contribution in [1.29, 1.82) is 5.26 Å². The number of esters is 1. The number of hydrogen-bond donors (Lipinski definition) is 1. The minimum Gasteiger partial charge on any atom is -0.465 e. The minimum atomic E-state index is -0.672. The van der Waals surface area contributed by atoms with Crippen molar-refractivity contribution in [3.05, 3.63) is 29.8 Å². The van der Waals surface area contributed by atoms with Crippen molar-refractivity contribution in [2.75, 3.05) is 12.4 Å². The van der Waals surface area contributed by atoms with Gasteiger partial charge in [0.2, 0.25) is 0 Å². The SMILES string of the molecule is COC(=O)c1cccc(NC(C)(C)C#N)c1. The predicted molar refractivity (Wildman–Crippen MR) is 61.1 cm³/mol. The van der Waals surface area contributed by atoms with E-state index in [1.54, 1.807) is 38.1 Å². The van der Waals surface area contributed by atoms with Gasteiger partial charge in [-0.2, -0.15) is 5.26 Å². The van der Waals surface area contributed by atoms with Gasteiger partial charge in [-0.1, -0.05) is 6.07 Å². The fourth-order valence-corrected chi connectivity index (χ4v) is 1.23. The Morgan fingerprint density at radius 3 is 2.75 bits per heavy atom. The molecular weight excluding hydrogens is 204 g/mol. The van der Waals surface area contributed by atoms with E-state index in [4.69, 9.17) is 5.26 Å². The molecule has 0 fully saturated rings. The molecule has 0 heterocycles. The Morgan fingerprint density at radius 2 is 2.19 bits per heavy atom. The van der Waals surface area contributed by atoms with Crippen LogP contribution in [0.2, 0.25) is 0 Å². The van der Waals surface area contributed by atoms with Gasteiger partial charge in [0, 0.05) is 5.69 Å². The van der Waals surface area contributed by atoms with Crippen LogP contribution >= 0.6 is 0 Å². The maximum atomic E-state index is 11.3. The van der Waals surface area contributed by atoms with Gasteiger partial charge in [0.1, 0.15) is 5.54 Å². The minimum absolute atomic E-state index is 0.390. The van der Waals surface area contributed by atoms with Gasteiger partial charge in [0.05, 0.1) is 18.7 Å². The number of ether oxygens (including phenoxy) is 1. The Kier molecular flexibility index (Phi) is 3.51. The number of rotatable bonds is 3. The Morgan fingerprint density at radius 1 is 1.50 bits per heavy atom. The molecule has 0 aliphatic heterocycles. The quantitative estimate of drug-likeness (QED) is 0.790. The second kappa shape index (κ2) is 4.67. The first kappa shape index (κ1) is 12.1. The van der Waals surface area contributed by atoms with Crippen LogP contribution in [0.15, 0.2) is 24.3 Å². The van der Waals surface area contributed by atoms with E-state index in [0.29, 0.717) is 5.56 Å². The summed E-state index contributed by atoms with van der Waals surface area (Å²) in [6.45, 7) is 3.52. The number of hydrogen-bond acceptors (Lipinski definition) is 4. The van der Waals surface area contributed by atoms with Gasteiger partial charge < -0.3 is 10.1 Å². The second-order valence-corrected chi connectivity index (χ2v) is 3.93. The molecule has 0 saturated heterocycles. The van der Waals surface area contributed by atoms with Crippen molar-refractivity contribution < 1.29 is 9.53 Å². The summed E-state index contributed by atoms with van der Waals surface area (Å²) in [5, 5.41) is 11.9. The first-order valence-electron chi connectivity index (χ1n) is 4.86. The smallest absolute Gasteiger partial charge is 0.337 e. The third kappa shape index (κ3) is 2.99. The maximum absolute atomic E-state index is 11.3. The lowest BCUT2D eigenvalue weighted by molar-refractivity contribution is 0.0601. The predicted octanol–water partition coefficient (Wildman–Crippen LogP) is 2.19. The van der Waals surface area contributed by atoms with Gasteiger partial charge in [-0.15, -0.1) is 0 Å². The van der Waals surface area contributed by atoms with Crippen molar-refractivity contribution in [3.63, 3.8) is 0 Å². The molecule has 4 nitrogen and oxygen atoms in total. The van der Waals surface area contributed by atoms with Crippen LogP contribution in [-0.2, 0) is 4.74 Å². The molecule has 1 rings (SSSR count). The van der Waals surface area contributed by atoms with Crippen LogP contribution in [0.3, 0.4) is 0 Å². The van der Waals surface area contributed by atoms with Crippen molar-refractivity contribution in [2.24, 2.45) is 0 Å². The molecule has 0 aliphatic rings. The number of nitrogens with one attached hydrogen (secondary N) is 1. The van der Waals surface area contributed by atoms with E-state index in [1.807, 2.05) is 0 Å². The van der Waals surface area contributed by atoms with E-state index in [1.165, 1.54) is 7.11 Å². The fourth-order valence-electron chi connectivity index (χ4n) is 1.23. The van der Waals surface area contributed by atoms with Crippen molar-refractivity contribution in [3.8, 4) is 6.07 Å². The molecule has 0 aromatic heterocycles. The lowest BCUT2D eigenvalue weighted by Crippen LogP contribution is -2.28. The average Bonchev–Trinajstić information content (AvgIpc) is 2.28. The van der Waals surface area contributed by atoms with E-state index in [9.17, 15) is 4.79 Å². The topological polar surface area (TPSA) is 62.1 Å². The van der Waals surface area contributed by atoms with Gasteiger partial charge >= 0.3 is 5.97 Å². The fraction of sp³-hybridized carbons (Fsp3) is 0.333. The Hall–Kier alpha value is -2.02. The van der Waals surface area contributed by atoms with Crippen LogP contribution in [-0.4, -0.2) is 18.6 Å². The summed E-state index contributed by atoms with van der Waals surface area (Å²) in [7, 11) is 1.33. The van der Waals surface area contributed by atoms with Gasteiger partial charge in [-0.3, -0.25) is 0 Å². The number of anilines is 1. The molecule has 1 aromatic carbocycles. The number of nitriles is 1. The number of nitrogens with zero attached hydrogens (tertiary/aromatic N) is 1. The van der Waals surface area contributed by atoms with Gasteiger partial charge in [0.15, 0.2) is 0 Å². The molecular formula is C12H14N2O2. The van der Waals surface area contributed by atoms with Crippen LogP contribution in [0.1, 0.15) is 24.2 Å². The molecule has 0 spiro atoms. The summed E-state index contributed by atoms with van der Waals surface area (Å²) in [6.07, 6.45) is 0. The molecule has 0 unspecified atom stereocenters. The summed E-state index contributed by atoms with van der Waals surface area (Å²) in [5.74, 6) is -0.390. The molecule has 0 atom stereocenters. The molecule has 0 bridgehead atoms. The van der Waals surface area contributed by atoms with Gasteiger partial charge in [-0.25, -0.2) is 4.79 Å². The summed E-state index contributed by atoms with van der Waals surface area (Å²) >= 11 is 0. The molecule has 0 amide bonds. The van der Waals surface area contributed by atoms with E-state index in [0.717, 1.165) is 5.69 Å². The molecule has 4 heteroatoms. The van der Waals surface area contributed by atoms with Crippen molar-refractivity contribution in [1.82, 2.24) is 0 Å². The molecule has 0 aliphatic carbocycles. The Balaban J connectivity index is 2.92. The van der Waals surface area contributed by atoms with E-state index in [2.05, 4.69) is 16.1 Å². The van der Waals surface area contributed by atoms with Crippen molar-refractivity contribution >= 4 is 11.7 Å². The zero-order chi connectivity index (χ0) is 12.2. The van der Waals surface area contributed by atoms with Gasteiger partial charge in [-0.05, 0) is 32.0 Å². The lowest BCUT2D eigenvalue weighted by Gasteiger charge is -2.19. The third-order valence-electron chi connectivity index (χ3n) is 2.02. The molecule has 1 N–H and O–H groups in total. The van der Waals surface area contributed by atoms with Crippen LogP contribution in [0.4, 0.5) is 5.69 Å². The molecule has 84 valence electrons. The number of carbonyl (C=O) groups is 1.